The van der Waals surface area contributed by atoms with Crippen molar-refractivity contribution in [2.45, 2.75) is 52.1 Å². The molecule has 3 heteroatoms. The van der Waals surface area contributed by atoms with Crippen LogP contribution >= 0.6 is 0 Å². The second-order valence-corrected chi connectivity index (χ2v) is 5.37. The first kappa shape index (κ1) is 13.6. The van der Waals surface area contributed by atoms with Crippen LogP contribution in [0.5, 0.6) is 0 Å². The minimum atomic E-state index is 0.820. The summed E-state index contributed by atoms with van der Waals surface area (Å²) < 4.78 is 5.76. The molecule has 1 aliphatic rings. The molecule has 102 valence electrons. The normalized spacial score (nSPS) is 18.6. The van der Waals surface area contributed by atoms with Crippen LogP contribution in [0.15, 0.2) is 10.5 Å². The van der Waals surface area contributed by atoms with E-state index in [0.29, 0.717) is 0 Å². The molecule has 18 heavy (non-hydrogen) atoms. The number of rotatable bonds is 4. The van der Waals surface area contributed by atoms with Crippen LogP contribution in [-0.2, 0) is 13.1 Å². The first-order valence-electron chi connectivity index (χ1n) is 7.24. The van der Waals surface area contributed by atoms with Gasteiger partial charge in [0.1, 0.15) is 11.5 Å². The molecule has 0 aliphatic carbocycles. The summed E-state index contributed by atoms with van der Waals surface area (Å²) in [5.41, 5.74) is 1.36. The maximum atomic E-state index is 5.76. The van der Waals surface area contributed by atoms with Crippen molar-refractivity contribution in [1.29, 1.82) is 0 Å². The van der Waals surface area contributed by atoms with Crippen molar-refractivity contribution in [3.63, 3.8) is 0 Å². The van der Waals surface area contributed by atoms with Gasteiger partial charge in [-0.1, -0.05) is 19.3 Å². The van der Waals surface area contributed by atoms with Gasteiger partial charge in [0, 0.05) is 12.1 Å². The lowest BCUT2D eigenvalue weighted by atomic mass is 10.1. The fraction of sp³-hybridized carbons (Fsp3) is 0.733. The average molecular weight is 250 g/mol. The highest BCUT2D eigenvalue weighted by Gasteiger charge is 2.13. The van der Waals surface area contributed by atoms with Crippen LogP contribution in [0.2, 0.25) is 0 Å². The number of nitrogens with one attached hydrogen (secondary N) is 1. The van der Waals surface area contributed by atoms with E-state index in [4.69, 9.17) is 4.42 Å². The summed E-state index contributed by atoms with van der Waals surface area (Å²) in [6.45, 7) is 6.44. The second kappa shape index (κ2) is 6.95. The number of furan rings is 1. The molecule has 2 rings (SSSR count). The van der Waals surface area contributed by atoms with Crippen molar-refractivity contribution in [2.75, 3.05) is 20.1 Å². The van der Waals surface area contributed by atoms with E-state index in [1.165, 1.54) is 50.8 Å². The van der Waals surface area contributed by atoms with Crippen LogP contribution in [0.1, 0.15) is 49.2 Å². The molecule has 1 N–H and O–H groups in total. The number of hydrogen-bond acceptors (Lipinski definition) is 3. The van der Waals surface area contributed by atoms with Gasteiger partial charge in [-0.15, -0.1) is 0 Å². The Balaban J connectivity index is 1.94. The van der Waals surface area contributed by atoms with E-state index in [1.54, 1.807) is 0 Å². The molecule has 0 unspecified atom stereocenters. The third kappa shape index (κ3) is 3.85. The summed E-state index contributed by atoms with van der Waals surface area (Å²) in [5.74, 6) is 2.14. The Morgan fingerprint density at radius 3 is 2.50 bits per heavy atom. The lowest BCUT2D eigenvalue weighted by Gasteiger charge is -2.24. The van der Waals surface area contributed by atoms with E-state index in [1.807, 2.05) is 7.05 Å². The fourth-order valence-corrected chi connectivity index (χ4v) is 2.72. The molecule has 0 bridgehead atoms. The van der Waals surface area contributed by atoms with Gasteiger partial charge >= 0.3 is 0 Å². The van der Waals surface area contributed by atoms with Crippen molar-refractivity contribution in [2.24, 2.45) is 0 Å². The SMILES string of the molecule is CNCc1cc(CN2CCCCCCC2)c(C)o1. The maximum Gasteiger partial charge on any atom is 0.118 e. The molecule has 0 aromatic carbocycles. The molecule has 1 saturated heterocycles. The summed E-state index contributed by atoms with van der Waals surface area (Å²) in [5, 5.41) is 3.14. The lowest BCUT2D eigenvalue weighted by Crippen LogP contribution is -2.26. The smallest absolute Gasteiger partial charge is 0.118 e. The Morgan fingerprint density at radius 1 is 1.17 bits per heavy atom. The predicted molar refractivity (Wildman–Crippen MR) is 74.6 cm³/mol. The average Bonchev–Trinajstić information content (AvgIpc) is 2.63. The number of aryl methyl sites for hydroxylation is 1. The number of hydrogen-bond donors (Lipinski definition) is 1. The van der Waals surface area contributed by atoms with Crippen molar-refractivity contribution in [3.05, 3.63) is 23.2 Å². The van der Waals surface area contributed by atoms with E-state index >= 15 is 0 Å². The van der Waals surface area contributed by atoms with E-state index in [0.717, 1.165) is 24.6 Å². The predicted octanol–water partition coefficient (Wildman–Crippen LogP) is 3.07. The van der Waals surface area contributed by atoms with Crippen molar-refractivity contribution in [3.8, 4) is 0 Å². The van der Waals surface area contributed by atoms with E-state index < -0.39 is 0 Å². The van der Waals surface area contributed by atoms with Gasteiger partial charge in [-0.3, -0.25) is 4.90 Å². The summed E-state index contributed by atoms with van der Waals surface area (Å²) in [6, 6.07) is 2.21. The third-order valence-electron chi connectivity index (χ3n) is 3.77. The molecular formula is C15H26N2O. The fourth-order valence-electron chi connectivity index (χ4n) is 2.72. The largest absolute Gasteiger partial charge is 0.465 e. The van der Waals surface area contributed by atoms with E-state index in [-0.39, 0.29) is 0 Å². The number of nitrogens with zero attached hydrogens (tertiary/aromatic N) is 1. The molecule has 0 amide bonds. The van der Waals surface area contributed by atoms with Crippen LogP contribution in [0, 0.1) is 6.92 Å². The van der Waals surface area contributed by atoms with Crippen LogP contribution in [0.3, 0.4) is 0 Å². The molecule has 1 aliphatic heterocycles. The first-order valence-corrected chi connectivity index (χ1v) is 7.24. The molecule has 2 heterocycles. The van der Waals surface area contributed by atoms with Gasteiger partial charge in [0.05, 0.1) is 6.54 Å². The number of likely N-dealkylation sites (tertiary alicyclic amines) is 1. The minimum absolute atomic E-state index is 0.820. The Kier molecular flexibility index (Phi) is 5.26. The molecule has 1 aromatic rings. The molecule has 3 nitrogen and oxygen atoms in total. The van der Waals surface area contributed by atoms with Gasteiger partial charge in [0.2, 0.25) is 0 Å². The zero-order valence-electron chi connectivity index (χ0n) is 11.8. The molecule has 0 radical (unpaired) electrons. The Morgan fingerprint density at radius 2 is 1.83 bits per heavy atom. The summed E-state index contributed by atoms with van der Waals surface area (Å²) in [7, 11) is 1.95. The lowest BCUT2D eigenvalue weighted by molar-refractivity contribution is 0.238. The van der Waals surface area contributed by atoms with Gasteiger partial charge in [-0.05, 0) is 46.0 Å². The van der Waals surface area contributed by atoms with Crippen LogP contribution in [-0.4, -0.2) is 25.0 Å². The van der Waals surface area contributed by atoms with Crippen LogP contribution in [0.25, 0.3) is 0 Å². The highest BCUT2D eigenvalue weighted by atomic mass is 16.3. The first-order chi connectivity index (χ1) is 8.79. The minimum Gasteiger partial charge on any atom is -0.465 e. The topological polar surface area (TPSA) is 28.4 Å². The third-order valence-corrected chi connectivity index (χ3v) is 3.77. The maximum absolute atomic E-state index is 5.76. The quantitative estimate of drug-likeness (QED) is 0.890. The Bertz CT molecular complexity index is 351. The van der Waals surface area contributed by atoms with Crippen LogP contribution < -0.4 is 5.32 Å². The summed E-state index contributed by atoms with van der Waals surface area (Å²) >= 11 is 0. The van der Waals surface area contributed by atoms with Gasteiger partial charge in [0.25, 0.3) is 0 Å². The van der Waals surface area contributed by atoms with Crippen molar-refractivity contribution < 1.29 is 4.42 Å². The Hall–Kier alpha value is -0.800. The van der Waals surface area contributed by atoms with Gasteiger partial charge in [0.15, 0.2) is 0 Å². The molecular weight excluding hydrogens is 224 g/mol. The highest BCUT2D eigenvalue weighted by molar-refractivity contribution is 5.20. The highest BCUT2D eigenvalue weighted by Crippen LogP contribution is 2.19. The van der Waals surface area contributed by atoms with Crippen molar-refractivity contribution in [1.82, 2.24) is 10.2 Å². The zero-order valence-corrected chi connectivity index (χ0v) is 11.8. The second-order valence-electron chi connectivity index (χ2n) is 5.37. The van der Waals surface area contributed by atoms with Gasteiger partial charge in [-0.2, -0.15) is 0 Å². The van der Waals surface area contributed by atoms with Crippen molar-refractivity contribution >= 4 is 0 Å². The molecule has 0 atom stereocenters. The molecule has 0 saturated carbocycles. The van der Waals surface area contributed by atoms with Gasteiger partial charge < -0.3 is 9.73 Å². The standard InChI is InChI=1S/C15H26N2O/c1-13-14(10-15(18-13)11-16-2)12-17-8-6-4-3-5-7-9-17/h10,16H,3-9,11-12H2,1-2H3. The van der Waals surface area contributed by atoms with Gasteiger partial charge in [-0.25, -0.2) is 0 Å². The molecule has 1 fully saturated rings. The zero-order chi connectivity index (χ0) is 12.8. The summed E-state index contributed by atoms with van der Waals surface area (Å²) in [6.07, 6.45) is 6.91. The monoisotopic (exact) mass is 250 g/mol. The molecule has 1 aromatic heterocycles. The van der Waals surface area contributed by atoms with E-state index in [9.17, 15) is 0 Å². The van der Waals surface area contributed by atoms with E-state index in [2.05, 4.69) is 23.2 Å². The van der Waals surface area contributed by atoms with Crippen LogP contribution in [0.4, 0.5) is 0 Å². The Labute approximate surface area is 111 Å². The summed E-state index contributed by atoms with van der Waals surface area (Å²) in [4.78, 5) is 2.58. The molecule has 0 spiro atoms.